The normalized spacial score (nSPS) is 24.4. The summed E-state index contributed by atoms with van der Waals surface area (Å²) in [5.41, 5.74) is 0.901. The monoisotopic (exact) mass is 251 g/mol. The van der Waals surface area contributed by atoms with Gasteiger partial charge in [-0.3, -0.25) is 0 Å². The molecule has 0 saturated heterocycles. The summed E-state index contributed by atoms with van der Waals surface area (Å²) in [6.07, 6.45) is 6.22. The van der Waals surface area contributed by atoms with Crippen molar-refractivity contribution in [1.82, 2.24) is 0 Å². The molecular weight excluding hydrogens is 229 g/mol. The van der Waals surface area contributed by atoms with E-state index in [-0.39, 0.29) is 5.82 Å². The first-order valence-corrected chi connectivity index (χ1v) is 6.79. The Kier molecular flexibility index (Phi) is 4.45. The highest BCUT2D eigenvalue weighted by Gasteiger charge is 2.17. The first kappa shape index (κ1) is 13.2. The van der Waals surface area contributed by atoms with Crippen molar-refractivity contribution in [3.8, 4) is 5.75 Å². The molecule has 0 spiro atoms. The molecule has 2 atom stereocenters. The molecule has 1 aliphatic rings. The van der Waals surface area contributed by atoms with Crippen molar-refractivity contribution < 1.29 is 9.13 Å². The van der Waals surface area contributed by atoms with Crippen LogP contribution < -0.4 is 10.1 Å². The zero-order chi connectivity index (χ0) is 13.0. The van der Waals surface area contributed by atoms with Gasteiger partial charge in [0, 0.05) is 12.1 Å². The molecule has 0 aliphatic heterocycles. The molecule has 1 fully saturated rings. The lowest BCUT2D eigenvalue weighted by molar-refractivity contribution is 0.412. The second kappa shape index (κ2) is 6.07. The first-order valence-electron chi connectivity index (χ1n) is 6.79. The predicted molar refractivity (Wildman–Crippen MR) is 72.6 cm³/mol. The SMILES string of the molecule is COc1cc(F)ccc1NC1CCCC(C)CC1. The summed E-state index contributed by atoms with van der Waals surface area (Å²) in [6.45, 7) is 2.32. The second-order valence-corrected chi connectivity index (χ2v) is 5.30. The van der Waals surface area contributed by atoms with E-state index < -0.39 is 0 Å². The summed E-state index contributed by atoms with van der Waals surface area (Å²) in [4.78, 5) is 0. The molecule has 100 valence electrons. The molecule has 0 radical (unpaired) electrons. The van der Waals surface area contributed by atoms with E-state index in [9.17, 15) is 4.39 Å². The molecule has 0 heterocycles. The van der Waals surface area contributed by atoms with Gasteiger partial charge in [0.1, 0.15) is 11.6 Å². The van der Waals surface area contributed by atoms with E-state index in [1.54, 1.807) is 13.2 Å². The molecular formula is C15H22FNO. The lowest BCUT2D eigenvalue weighted by Gasteiger charge is -2.19. The van der Waals surface area contributed by atoms with E-state index in [0.717, 1.165) is 11.6 Å². The maximum atomic E-state index is 13.1. The van der Waals surface area contributed by atoms with Crippen molar-refractivity contribution in [2.24, 2.45) is 5.92 Å². The van der Waals surface area contributed by atoms with E-state index >= 15 is 0 Å². The molecule has 18 heavy (non-hydrogen) atoms. The number of nitrogens with one attached hydrogen (secondary N) is 1. The molecule has 1 N–H and O–H groups in total. The van der Waals surface area contributed by atoms with Crippen molar-refractivity contribution in [2.45, 2.75) is 45.1 Å². The van der Waals surface area contributed by atoms with Crippen LogP contribution in [-0.2, 0) is 0 Å². The average molecular weight is 251 g/mol. The van der Waals surface area contributed by atoms with Crippen molar-refractivity contribution >= 4 is 5.69 Å². The second-order valence-electron chi connectivity index (χ2n) is 5.30. The van der Waals surface area contributed by atoms with Crippen LogP contribution in [0.25, 0.3) is 0 Å². The van der Waals surface area contributed by atoms with E-state index in [0.29, 0.717) is 11.8 Å². The molecule has 0 amide bonds. The Bertz CT molecular complexity index is 394. The number of halogens is 1. The van der Waals surface area contributed by atoms with Gasteiger partial charge in [-0.15, -0.1) is 0 Å². The number of methoxy groups -OCH3 is 1. The Hall–Kier alpha value is -1.25. The maximum absolute atomic E-state index is 13.1. The molecule has 2 nitrogen and oxygen atoms in total. The van der Waals surface area contributed by atoms with Gasteiger partial charge in [0.15, 0.2) is 0 Å². The van der Waals surface area contributed by atoms with Gasteiger partial charge in [-0.25, -0.2) is 4.39 Å². The van der Waals surface area contributed by atoms with Gasteiger partial charge in [0.05, 0.1) is 12.8 Å². The number of hydrogen-bond donors (Lipinski definition) is 1. The Morgan fingerprint density at radius 3 is 2.83 bits per heavy atom. The average Bonchev–Trinajstić information content (AvgIpc) is 2.56. The Balaban J connectivity index is 2.04. The summed E-state index contributed by atoms with van der Waals surface area (Å²) < 4.78 is 18.3. The minimum absolute atomic E-state index is 0.258. The summed E-state index contributed by atoms with van der Waals surface area (Å²) in [5, 5.41) is 3.50. The minimum atomic E-state index is -0.258. The van der Waals surface area contributed by atoms with Gasteiger partial charge in [-0.2, -0.15) is 0 Å². The van der Waals surface area contributed by atoms with Crippen molar-refractivity contribution in [3.05, 3.63) is 24.0 Å². The summed E-state index contributed by atoms with van der Waals surface area (Å²) >= 11 is 0. The van der Waals surface area contributed by atoms with Crippen LogP contribution in [0.15, 0.2) is 18.2 Å². The summed E-state index contributed by atoms with van der Waals surface area (Å²) in [7, 11) is 1.58. The standard InChI is InChI=1S/C15H22FNO/c1-11-4-3-5-13(8-6-11)17-14-9-7-12(16)10-15(14)18-2/h7,9-11,13,17H,3-6,8H2,1-2H3. The molecule has 1 aromatic rings. The van der Waals surface area contributed by atoms with E-state index in [2.05, 4.69) is 12.2 Å². The smallest absolute Gasteiger partial charge is 0.144 e. The van der Waals surface area contributed by atoms with E-state index in [1.807, 2.05) is 0 Å². The van der Waals surface area contributed by atoms with E-state index in [4.69, 9.17) is 4.74 Å². The van der Waals surface area contributed by atoms with Gasteiger partial charge >= 0.3 is 0 Å². The Labute approximate surface area is 109 Å². The van der Waals surface area contributed by atoms with Gasteiger partial charge in [-0.05, 0) is 37.3 Å². The van der Waals surface area contributed by atoms with Gasteiger partial charge in [-0.1, -0.05) is 19.8 Å². The molecule has 2 rings (SSSR count). The van der Waals surface area contributed by atoms with Gasteiger partial charge in [0.2, 0.25) is 0 Å². The fourth-order valence-corrected chi connectivity index (χ4v) is 2.64. The largest absolute Gasteiger partial charge is 0.494 e. The molecule has 0 aromatic heterocycles. The molecule has 0 bridgehead atoms. The third-order valence-corrected chi connectivity index (χ3v) is 3.78. The highest BCUT2D eigenvalue weighted by molar-refractivity contribution is 5.57. The Morgan fingerprint density at radius 2 is 2.06 bits per heavy atom. The van der Waals surface area contributed by atoms with E-state index in [1.165, 1.54) is 44.2 Å². The van der Waals surface area contributed by atoms with Crippen LogP contribution in [0.5, 0.6) is 5.75 Å². The lowest BCUT2D eigenvalue weighted by atomic mass is 10.0. The molecule has 3 heteroatoms. The van der Waals surface area contributed by atoms with Crippen molar-refractivity contribution in [3.63, 3.8) is 0 Å². The number of rotatable bonds is 3. The minimum Gasteiger partial charge on any atom is -0.494 e. The van der Waals surface area contributed by atoms with Crippen molar-refractivity contribution in [2.75, 3.05) is 12.4 Å². The number of hydrogen-bond acceptors (Lipinski definition) is 2. The molecule has 1 aromatic carbocycles. The summed E-state index contributed by atoms with van der Waals surface area (Å²) in [6, 6.07) is 5.16. The zero-order valence-corrected chi connectivity index (χ0v) is 11.2. The maximum Gasteiger partial charge on any atom is 0.144 e. The number of anilines is 1. The molecule has 1 aliphatic carbocycles. The molecule has 1 saturated carbocycles. The predicted octanol–water partition coefficient (Wildman–Crippen LogP) is 4.22. The Morgan fingerprint density at radius 1 is 1.22 bits per heavy atom. The van der Waals surface area contributed by atoms with Crippen molar-refractivity contribution in [1.29, 1.82) is 0 Å². The number of ether oxygens (including phenoxy) is 1. The van der Waals surface area contributed by atoms with Crippen LogP contribution in [0.1, 0.15) is 39.0 Å². The molecule has 2 unspecified atom stereocenters. The highest BCUT2D eigenvalue weighted by atomic mass is 19.1. The summed E-state index contributed by atoms with van der Waals surface area (Å²) in [5.74, 6) is 1.16. The fourth-order valence-electron chi connectivity index (χ4n) is 2.64. The third kappa shape index (κ3) is 3.37. The lowest BCUT2D eigenvalue weighted by Crippen LogP contribution is -2.18. The van der Waals surface area contributed by atoms with Crippen LogP contribution in [0.3, 0.4) is 0 Å². The number of benzene rings is 1. The van der Waals surface area contributed by atoms with Crippen LogP contribution in [-0.4, -0.2) is 13.2 Å². The topological polar surface area (TPSA) is 21.3 Å². The first-order chi connectivity index (χ1) is 8.69. The quantitative estimate of drug-likeness (QED) is 0.812. The van der Waals surface area contributed by atoms with Crippen LogP contribution in [0.4, 0.5) is 10.1 Å². The van der Waals surface area contributed by atoms with Crippen LogP contribution >= 0.6 is 0 Å². The fraction of sp³-hybridized carbons (Fsp3) is 0.600. The zero-order valence-electron chi connectivity index (χ0n) is 11.2. The van der Waals surface area contributed by atoms with Gasteiger partial charge in [0.25, 0.3) is 0 Å². The highest BCUT2D eigenvalue weighted by Crippen LogP contribution is 2.29. The third-order valence-electron chi connectivity index (χ3n) is 3.78. The van der Waals surface area contributed by atoms with Crippen LogP contribution in [0, 0.1) is 11.7 Å². The van der Waals surface area contributed by atoms with Gasteiger partial charge < -0.3 is 10.1 Å². The van der Waals surface area contributed by atoms with Crippen LogP contribution in [0.2, 0.25) is 0 Å².